The van der Waals surface area contributed by atoms with Gasteiger partial charge < -0.3 is 9.88 Å². The number of hydrogen-bond acceptors (Lipinski definition) is 2. The molecule has 0 spiro atoms. The largest absolute Gasteiger partial charge is 0.350 e. The van der Waals surface area contributed by atoms with Gasteiger partial charge in [0.25, 0.3) is 0 Å². The number of ketones is 1. The van der Waals surface area contributed by atoms with E-state index in [2.05, 4.69) is 35.9 Å². The second kappa shape index (κ2) is 5.17. The Kier molecular flexibility index (Phi) is 3.76. The van der Waals surface area contributed by atoms with Crippen molar-refractivity contribution in [2.45, 2.75) is 33.7 Å². The second-order valence-corrected chi connectivity index (χ2v) is 5.54. The lowest BCUT2D eigenvalue weighted by Crippen LogP contribution is -2.29. The number of Topliss-reactive ketones (excluding diaryl/α,β-unsaturated/α-hetero) is 1. The van der Waals surface area contributed by atoms with Crippen molar-refractivity contribution in [2.75, 3.05) is 6.54 Å². The number of hydrogen-bond donors (Lipinski definition) is 1. The normalized spacial score (nSPS) is 11.5. The molecule has 3 heteroatoms. The molecule has 1 aromatic heterocycles. The van der Waals surface area contributed by atoms with Gasteiger partial charge in [0.1, 0.15) is 0 Å². The van der Waals surface area contributed by atoms with Gasteiger partial charge in [-0.15, -0.1) is 0 Å². The zero-order valence-electron chi connectivity index (χ0n) is 12.4. The zero-order valence-corrected chi connectivity index (χ0v) is 12.4. The molecule has 0 saturated carbocycles. The molecule has 0 aliphatic heterocycles. The van der Waals surface area contributed by atoms with Gasteiger partial charge in [-0.1, -0.05) is 26.0 Å². The summed E-state index contributed by atoms with van der Waals surface area (Å²) in [5, 5.41) is 4.29. The summed E-state index contributed by atoms with van der Waals surface area (Å²) in [6.07, 6.45) is 1.95. The van der Waals surface area contributed by atoms with Crippen molar-refractivity contribution >= 4 is 16.7 Å². The summed E-state index contributed by atoms with van der Waals surface area (Å²) in [6, 6.07) is 4.52. The summed E-state index contributed by atoms with van der Waals surface area (Å²) < 4.78 is 2.06. The van der Waals surface area contributed by atoms with Crippen LogP contribution in [0.2, 0.25) is 0 Å². The van der Waals surface area contributed by atoms with E-state index in [-0.39, 0.29) is 5.78 Å². The second-order valence-electron chi connectivity index (χ2n) is 5.54. The highest BCUT2D eigenvalue weighted by Gasteiger charge is 2.16. The Balaban J connectivity index is 2.50. The minimum Gasteiger partial charge on any atom is -0.350 e. The predicted octanol–water partition coefficient (Wildman–Crippen LogP) is 2.98. The number of aryl methyl sites for hydroxylation is 3. The first-order valence-electron chi connectivity index (χ1n) is 6.73. The molecule has 0 unspecified atom stereocenters. The van der Waals surface area contributed by atoms with E-state index in [1.165, 1.54) is 5.56 Å². The van der Waals surface area contributed by atoms with Crippen LogP contribution in [0.1, 0.15) is 35.3 Å². The SMILES string of the molecule is Cc1ccc(C)c2c1c(C(=O)CNC(C)C)cn2C. The van der Waals surface area contributed by atoms with Crippen molar-refractivity contribution in [3.8, 4) is 0 Å². The smallest absolute Gasteiger partial charge is 0.178 e. The fraction of sp³-hybridized carbons (Fsp3) is 0.438. The molecule has 102 valence electrons. The fourth-order valence-electron chi connectivity index (χ4n) is 2.52. The third-order valence-electron chi connectivity index (χ3n) is 3.50. The number of nitrogens with zero attached hydrogens (tertiary/aromatic N) is 1. The number of carbonyl (C=O) groups excluding carboxylic acids is 1. The number of rotatable bonds is 4. The zero-order chi connectivity index (χ0) is 14.2. The molecule has 0 aliphatic carbocycles. The summed E-state index contributed by atoms with van der Waals surface area (Å²) in [4.78, 5) is 12.4. The maximum absolute atomic E-state index is 12.4. The highest BCUT2D eigenvalue weighted by atomic mass is 16.1. The Hall–Kier alpha value is -1.61. The Morgan fingerprint density at radius 1 is 1.26 bits per heavy atom. The van der Waals surface area contributed by atoms with E-state index in [9.17, 15) is 4.79 Å². The Morgan fingerprint density at radius 2 is 1.89 bits per heavy atom. The van der Waals surface area contributed by atoms with Gasteiger partial charge in [-0.3, -0.25) is 4.79 Å². The Labute approximate surface area is 114 Å². The van der Waals surface area contributed by atoms with Gasteiger partial charge in [-0.05, 0) is 25.0 Å². The highest BCUT2D eigenvalue weighted by molar-refractivity contribution is 6.10. The van der Waals surface area contributed by atoms with Crippen LogP contribution in [0.4, 0.5) is 0 Å². The van der Waals surface area contributed by atoms with Gasteiger partial charge in [0.15, 0.2) is 5.78 Å². The number of benzene rings is 1. The van der Waals surface area contributed by atoms with Crippen LogP contribution in [0.25, 0.3) is 10.9 Å². The molecule has 0 amide bonds. The van der Waals surface area contributed by atoms with E-state index in [0.717, 1.165) is 22.0 Å². The molecule has 1 aromatic carbocycles. The van der Waals surface area contributed by atoms with Crippen molar-refractivity contribution in [1.29, 1.82) is 0 Å². The molecule has 2 rings (SSSR count). The van der Waals surface area contributed by atoms with Crippen molar-refractivity contribution in [2.24, 2.45) is 7.05 Å². The van der Waals surface area contributed by atoms with Gasteiger partial charge in [-0.2, -0.15) is 0 Å². The molecule has 19 heavy (non-hydrogen) atoms. The van der Waals surface area contributed by atoms with Crippen LogP contribution >= 0.6 is 0 Å². The topological polar surface area (TPSA) is 34.0 Å². The van der Waals surface area contributed by atoms with Crippen LogP contribution in [0, 0.1) is 13.8 Å². The molecule has 0 fully saturated rings. The number of carbonyl (C=O) groups is 1. The van der Waals surface area contributed by atoms with Crippen LogP contribution in [0.15, 0.2) is 18.3 Å². The minimum absolute atomic E-state index is 0.160. The van der Waals surface area contributed by atoms with E-state index >= 15 is 0 Å². The van der Waals surface area contributed by atoms with Crippen LogP contribution in [-0.2, 0) is 7.05 Å². The van der Waals surface area contributed by atoms with E-state index in [4.69, 9.17) is 0 Å². The average molecular weight is 258 g/mol. The molecule has 0 radical (unpaired) electrons. The first kappa shape index (κ1) is 13.8. The molecular formula is C16H22N2O. The van der Waals surface area contributed by atoms with Gasteiger partial charge in [0.05, 0.1) is 12.1 Å². The number of nitrogens with one attached hydrogen (secondary N) is 1. The standard InChI is InChI=1S/C16H22N2O/c1-10(2)17-8-14(19)13-9-18(5)16-12(4)7-6-11(3)15(13)16/h6-7,9-10,17H,8H2,1-5H3. The monoisotopic (exact) mass is 258 g/mol. The van der Waals surface area contributed by atoms with E-state index in [1.807, 2.05) is 27.1 Å². The maximum Gasteiger partial charge on any atom is 0.178 e. The molecule has 0 bridgehead atoms. The summed E-state index contributed by atoms with van der Waals surface area (Å²) in [6.45, 7) is 8.64. The lowest BCUT2D eigenvalue weighted by molar-refractivity contribution is 0.0990. The molecule has 2 aromatic rings. The predicted molar refractivity (Wildman–Crippen MR) is 79.9 cm³/mol. The third-order valence-corrected chi connectivity index (χ3v) is 3.50. The quantitative estimate of drug-likeness (QED) is 0.855. The van der Waals surface area contributed by atoms with Crippen LogP contribution in [-0.4, -0.2) is 22.9 Å². The van der Waals surface area contributed by atoms with E-state index in [0.29, 0.717) is 12.6 Å². The average Bonchev–Trinajstić information content (AvgIpc) is 2.70. The van der Waals surface area contributed by atoms with Crippen molar-refractivity contribution in [1.82, 2.24) is 9.88 Å². The summed E-state index contributed by atoms with van der Waals surface area (Å²) in [5.74, 6) is 0.160. The molecule has 0 saturated heterocycles. The van der Waals surface area contributed by atoms with Gasteiger partial charge in [0, 0.05) is 30.2 Å². The van der Waals surface area contributed by atoms with Crippen LogP contribution < -0.4 is 5.32 Å². The van der Waals surface area contributed by atoms with Crippen molar-refractivity contribution in [3.63, 3.8) is 0 Å². The number of fused-ring (bicyclic) bond motifs is 1. The maximum atomic E-state index is 12.4. The minimum atomic E-state index is 0.160. The van der Waals surface area contributed by atoms with Crippen LogP contribution in [0.5, 0.6) is 0 Å². The molecular weight excluding hydrogens is 236 g/mol. The van der Waals surface area contributed by atoms with Gasteiger partial charge in [0.2, 0.25) is 0 Å². The lowest BCUT2D eigenvalue weighted by Gasteiger charge is -2.07. The first-order valence-corrected chi connectivity index (χ1v) is 6.73. The van der Waals surface area contributed by atoms with Crippen molar-refractivity contribution in [3.05, 3.63) is 35.0 Å². The summed E-state index contributed by atoms with van der Waals surface area (Å²) >= 11 is 0. The van der Waals surface area contributed by atoms with Gasteiger partial charge >= 0.3 is 0 Å². The molecule has 3 nitrogen and oxygen atoms in total. The Morgan fingerprint density at radius 3 is 2.53 bits per heavy atom. The Bertz CT molecular complexity index is 623. The molecule has 0 aliphatic rings. The highest BCUT2D eigenvalue weighted by Crippen LogP contribution is 2.27. The molecule has 1 N–H and O–H groups in total. The first-order chi connectivity index (χ1) is 8.91. The van der Waals surface area contributed by atoms with Crippen molar-refractivity contribution < 1.29 is 4.79 Å². The van der Waals surface area contributed by atoms with Crippen LogP contribution in [0.3, 0.4) is 0 Å². The summed E-state index contributed by atoms with van der Waals surface area (Å²) in [5.41, 5.74) is 4.35. The van der Waals surface area contributed by atoms with Gasteiger partial charge in [-0.25, -0.2) is 0 Å². The van der Waals surface area contributed by atoms with E-state index < -0.39 is 0 Å². The van der Waals surface area contributed by atoms with E-state index in [1.54, 1.807) is 0 Å². The molecule has 1 heterocycles. The lowest BCUT2D eigenvalue weighted by atomic mass is 10.0. The number of aromatic nitrogens is 1. The fourth-order valence-corrected chi connectivity index (χ4v) is 2.52. The molecule has 0 atom stereocenters. The third kappa shape index (κ3) is 2.56. The summed E-state index contributed by atoms with van der Waals surface area (Å²) in [7, 11) is 2.00.